The van der Waals surface area contributed by atoms with Gasteiger partial charge in [-0.2, -0.15) is 0 Å². The van der Waals surface area contributed by atoms with Crippen LogP contribution >= 0.6 is 24.0 Å². The second-order valence-corrected chi connectivity index (χ2v) is 7.55. The van der Waals surface area contributed by atoms with Crippen LogP contribution in [0.4, 0.5) is 0 Å². The molecule has 30 heavy (non-hydrogen) atoms. The van der Waals surface area contributed by atoms with Gasteiger partial charge in [0.25, 0.3) is 0 Å². The first-order valence-corrected chi connectivity index (χ1v) is 10.3. The van der Waals surface area contributed by atoms with Crippen molar-refractivity contribution in [1.82, 2.24) is 30.3 Å². The van der Waals surface area contributed by atoms with Gasteiger partial charge < -0.3 is 19.9 Å². The van der Waals surface area contributed by atoms with Gasteiger partial charge in [-0.15, -0.1) is 34.2 Å². The van der Waals surface area contributed by atoms with E-state index in [9.17, 15) is 0 Å². The van der Waals surface area contributed by atoms with Gasteiger partial charge in [-0.1, -0.05) is 23.8 Å². The molecule has 3 rings (SSSR count). The summed E-state index contributed by atoms with van der Waals surface area (Å²) in [5.74, 6) is 2.58. The summed E-state index contributed by atoms with van der Waals surface area (Å²) in [6.07, 6.45) is 0. The lowest BCUT2D eigenvalue weighted by molar-refractivity contribution is 0.0389. The van der Waals surface area contributed by atoms with Crippen LogP contribution in [0.5, 0.6) is 0 Å². The van der Waals surface area contributed by atoms with Gasteiger partial charge in [-0.05, 0) is 31.9 Å². The van der Waals surface area contributed by atoms with Crippen LogP contribution in [0.2, 0.25) is 0 Å². The molecule has 0 radical (unpaired) electrons. The van der Waals surface area contributed by atoms with Crippen molar-refractivity contribution in [2.45, 2.75) is 33.9 Å². The normalized spacial score (nSPS) is 15.0. The van der Waals surface area contributed by atoms with E-state index in [0.717, 1.165) is 57.0 Å². The molecule has 1 aliphatic heterocycles. The quantitative estimate of drug-likeness (QED) is 0.326. The average molecular weight is 527 g/mol. The van der Waals surface area contributed by atoms with Gasteiger partial charge in [-0.3, -0.25) is 4.90 Å². The van der Waals surface area contributed by atoms with Gasteiger partial charge in [0.2, 0.25) is 0 Å². The van der Waals surface area contributed by atoms with Crippen LogP contribution in [0, 0.1) is 20.8 Å². The maximum absolute atomic E-state index is 5.42. The zero-order valence-corrected chi connectivity index (χ0v) is 20.8. The van der Waals surface area contributed by atoms with Gasteiger partial charge in [0.05, 0.1) is 26.3 Å². The molecule has 0 amide bonds. The van der Waals surface area contributed by atoms with Crippen LogP contribution in [0.3, 0.4) is 0 Å². The van der Waals surface area contributed by atoms with Crippen LogP contribution < -0.4 is 10.6 Å². The van der Waals surface area contributed by atoms with E-state index < -0.39 is 0 Å². The fourth-order valence-electron chi connectivity index (χ4n) is 3.29. The summed E-state index contributed by atoms with van der Waals surface area (Å²) in [5, 5.41) is 15.2. The number of morpholine rings is 1. The first kappa shape index (κ1) is 24.5. The summed E-state index contributed by atoms with van der Waals surface area (Å²) in [7, 11) is 1.98. The van der Waals surface area contributed by atoms with Gasteiger partial charge >= 0.3 is 0 Å². The van der Waals surface area contributed by atoms with Gasteiger partial charge in [-0.25, -0.2) is 4.99 Å². The number of ether oxygens (including phenoxy) is 1. The molecule has 2 aromatic rings. The number of nitrogens with one attached hydrogen (secondary N) is 2. The highest BCUT2D eigenvalue weighted by Gasteiger charge is 2.11. The van der Waals surface area contributed by atoms with Crippen molar-refractivity contribution in [3.63, 3.8) is 0 Å². The van der Waals surface area contributed by atoms with Crippen molar-refractivity contribution in [2.75, 3.05) is 39.4 Å². The molecule has 1 saturated heterocycles. The van der Waals surface area contributed by atoms with Gasteiger partial charge in [0, 0.05) is 33.2 Å². The molecule has 0 aliphatic carbocycles. The van der Waals surface area contributed by atoms with Crippen molar-refractivity contribution in [2.24, 2.45) is 12.0 Å². The van der Waals surface area contributed by atoms with E-state index in [4.69, 9.17) is 9.73 Å². The summed E-state index contributed by atoms with van der Waals surface area (Å²) in [6, 6.07) is 6.50. The van der Waals surface area contributed by atoms with Crippen LogP contribution in [-0.4, -0.2) is 65.0 Å². The third-order valence-electron chi connectivity index (χ3n) is 5.33. The summed E-state index contributed by atoms with van der Waals surface area (Å²) in [5.41, 5.74) is 3.78. The van der Waals surface area contributed by atoms with Crippen LogP contribution in [-0.2, 0) is 24.9 Å². The minimum absolute atomic E-state index is 0. The van der Waals surface area contributed by atoms with Crippen LogP contribution in [0.15, 0.2) is 23.2 Å². The molecule has 8 nitrogen and oxygen atoms in total. The number of guanidine groups is 1. The maximum atomic E-state index is 5.42. The van der Waals surface area contributed by atoms with E-state index in [1.54, 1.807) is 0 Å². The third kappa shape index (κ3) is 7.21. The first-order chi connectivity index (χ1) is 14.0. The van der Waals surface area contributed by atoms with Crippen molar-refractivity contribution < 1.29 is 4.74 Å². The maximum Gasteiger partial charge on any atom is 0.192 e. The molecule has 0 spiro atoms. The summed E-state index contributed by atoms with van der Waals surface area (Å²) in [4.78, 5) is 7.22. The number of nitrogens with zero attached hydrogens (tertiary/aromatic N) is 5. The fraction of sp³-hybridized carbons (Fsp3) is 0.571. The Morgan fingerprint density at radius 2 is 1.90 bits per heavy atom. The number of rotatable bonds is 7. The molecular weight excluding hydrogens is 493 g/mol. The van der Waals surface area contributed by atoms with E-state index in [0.29, 0.717) is 13.1 Å². The van der Waals surface area contributed by atoms with Crippen molar-refractivity contribution >= 4 is 29.9 Å². The molecule has 1 aromatic heterocycles. The van der Waals surface area contributed by atoms with E-state index in [1.165, 1.54) is 16.7 Å². The van der Waals surface area contributed by atoms with E-state index >= 15 is 0 Å². The average Bonchev–Trinajstić information content (AvgIpc) is 3.03. The standard InChI is InChI=1S/C21H33N7O.HI/c1-16-5-6-19(17(2)13-16)14-23-21(22-7-8-28-9-11-29-12-10-28)24-15-20-26-25-18(3)27(20)4;/h5-6,13H,7-12,14-15H2,1-4H3,(H2,22,23,24);1H. The van der Waals surface area contributed by atoms with Crippen LogP contribution in [0.1, 0.15) is 28.3 Å². The zero-order chi connectivity index (χ0) is 20.6. The number of aromatic nitrogens is 3. The Morgan fingerprint density at radius 1 is 1.13 bits per heavy atom. The lowest BCUT2D eigenvalue weighted by atomic mass is 10.1. The summed E-state index contributed by atoms with van der Waals surface area (Å²) < 4.78 is 7.41. The molecule has 2 N–H and O–H groups in total. The number of halogens is 1. The minimum atomic E-state index is 0. The number of hydrogen-bond acceptors (Lipinski definition) is 5. The second-order valence-electron chi connectivity index (χ2n) is 7.55. The van der Waals surface area contributed by atoms with Crippen molar-refractivity contribution in [1.29, 1.82) is 0 Å². The smallest absolute Gasteiger partial charge is 0.192 e. The predicted octanol–water partition coefficient (Wildman–Crippen LogP) is 1.93. The lowest BCUT2D eigenvalue weighted by Crippen LogP contribution is -2.44. The Kier molecular flexibility index (Phi) is 9.99. The molecule has 1 aromatic carbocycles. The Hall–Kier alpha value is -1.72. The monoisotopic (exact) mass is 527 g/mol. The summed E-state index contributed by atoms with van der Waals surface area (Å²) >= 11 is 0. The highest BCUT2D eigenvalue weighted by atomic mass is 127. The molecule has 0 atom stereocenters. The molecule has 9 heteroatoms. The number of benzene rings is 1. The Balaban J connectivity index is 0.00000320. The van der Waals surface area contributed by atoms with Gasteiger partial charge in [0.1, 0.15) is 5.82 Å². The van der Waals surface area contributed by atoms with Crippen molar-refractivity contribution in [3.8, 4) is 0 Å². The summed E-state index contributed by atoms with van der Waals surface area (Å²) in [6.45, 7) is 12.8. The van der Waals surface area contributed by atoms with E-state index in [1.807, 2.05) is 18.5 Å². The number of aliphatic imine (C=N–C) groups is 1. The highest BCUT2D eigenvalue weighted by molar-refractivity contribution is 14.0. The molecule has 1 aliphatic rings. The number of hydrogen-bond donors (Lipinski definition) is 2. The Bertz CT molecular complexity index is 831. The SMILES string of the molecule is Cc1ccc(CN=C(NCCN2CCOCC2)NCc2nnc(C)n2C)c(C)c1.I. The third-order valence-corrected chi connectivity index (χ3v) is 5.33. The van der Waals surface area contributed by atoms with Crippen molar-refractivity contribution in [3.05, 3.63) is 46.5 Å². The fourth-order valence-corrected chi connectivity index (χ4v) is 3.29. The molecule has 2 heterocycles. The zero-order valence-electron chi connectivity index (χ0n) is 18.4. The molecule has 1 fully saturated rings. The number of aryl methyl sites for hydroxylation is 3. The molecule has 166 valence electrons. The Morgan fingerprint density at radius 3 is 2.57 bits per heavy atom. The Labute approximate surface area is 196 Å². The van der Waals surface area contributed by atoms with Crippen LogP contribution in [0.25, 0.3) is 0 Å². The van der Waals surface area contributed by atoms with E-state index in [2.05, 4.69) is 57.8 Å². The minimum Gasteiger partial charge on any atom is -0.379 e. The predicted molar refractivity (Wildman–Crippen MR) is 130 cm³/mol. The largest absolute Gasteiger partial charge is 0.379 e. The lowest BCUT2D eigenvalue weighted by Gasteiger charge is -2.26. The van der Waals surface area contributed by atoms with E-state index in [-0.39, 0.29) is 24.0 Å². The molecule has 0 unspecified atom stereocenters. The molecular formula is C21H34IN7O. The van der Waals surface area contributed by atoms with Gasteiger partial charge in [0.15, 0.2) is 11.8 Å². The highest BCUT2D eigenvalue weighted by Crippen LogP contribution is 2.11. The topological polar surface area (TPSA) is 79.6 Å². The first-order valence-electron chi connectivity index (χ1n) is 10.3. The molecule has 0 bridgehead atoms. The molecule has 0 saturated carbocycles. The second kappa shape index (κ2) is 12.2.